The molecule has 0 unspecified atom stereocenters. The Kier molecular flexibility index (Phi) is 9.40. The van der Waals surface area contributed by atoms with E-state index in [1.165, 1.54) is 32.1 Å². The van der Waals surface area contributed by atoms with E-state index >= 15 is 0 Å². The number of guanidine groups is 1. The minimum atomic E-state index is 0.515. The summed E-state index contributed by atoms with van der Waals surface area (Å²) in [4.78, 5) is 4.41. The Morgan fingerprint density at radius 2 is 2.00 bits per heavy atom. The van der Waals surface area contributed by atoms with Crippen LogP contribution in [0.25, 0.3) is 0 Å². The molecule has 0 amide bonds. The zero-order valence-electron chi connectivity index (χ0n) is 12.0. The van der Waals surface area contributed by atoms with E-state index in [4.69, 9.17) is 15.3 Å². The van der Waals surface area contributed by atoms with Crippen LogP contribution in [0.1, 0.15) is 38.5 Å². The van der Waals surface area contributed by atoms with Gasteiger partial charge in [0.05, 0.1) is 13.2 Å². The lowest BCUT2D eigenvalue weighted by Crippen LogP contribution is -2.47. The molecule has 19 heavy (non-hydrogen) atoms. The molecule has 1 aliphatic rings. The molecule has 6 nitrogen and oxygen atoms in total. The summed E-state index contributed by atoms with van der Waals surface area (Å²) in [7, 11) is 1.67. The Balaban J connectivity index is 2.09. The van der Waals surface area contributed by atoms with Crippen molar-refractivity contribution in [2.24, 2.45) is 10.8 Å². The van der Waals surface area contributed by atoms with Crippen LogP contribution in [-0.2, 0) is 9.47 Å². The summed E-state index contributed by atoms with van der Waals surface area (Å²) in [6, 6.07) is 0.515. The average molecular weight is 272 g/mol. The maximum absolute atomic E-state index is 5.48. The first kappa shape index (κ1) is 16.2. The van der Waals surface area contributed by atoms with Gasteiger partial charge in [-0.15, -0.1) is 0 Å². The summed E-state index contributed by atoms with van der Waals surface area (Å²) in [6.07, 6.45) is 7.24. The van der Waals surface area contributed by atoms with Gasteiger partial charge in [0.25, 0.3) is 0 Å². The number of hydrogen-bond donors (Lipinski definition) is 3. The average Bonchev–Trinajstić information content (AvgIpc) is 2.46. The van der Waals surface area contributed by atoms with Gasteiger partial charge in [-0.25, -0.2) is 5.84 Å². The molecule has 4 N–H and O–H groups in total. The van der Waals surface area contributed by atoms with Gasteiger partial charge < -0.3 is 14.8 Å². The third-order valence-electron chi connectivity index (χ3n) is 3.23. The van der Waals surface area contributed by atoms with Gasteiger partial charge in [0.1, 0.15) is 0 Å². The molecule has 0 atom stereocenters. The Morgan fingerprint density at radius 1 is 1.21 bits per heavy atom. The largest absolute Gasteiger partial charge is 0.382 e. The molecule has 0 bridgehead atoms. The molecule has 1 aliphatic carbocycles. The topological polar surface area (TPSA) is 80.9 Å². The number of hydrogen-bond acceptors (Lipinski definition) is 4. The summed E-state index contributed by atoms with van der Waals surface area (Å²) >= 11 is 0. The van der Waals surface area contributed by atoms with E-state index in [1.54, 1.807) is 7.11 Å². The van der Waals surface area contributed by atoms with Gasteiger partial charge in [0.15, 0.2) is 0 Å². The minimum absolute atomic E-state index is 0.515. The smallest absolute Gasteiger partial charge is 0.205 e. The van der Waals surface area contributed by atoms with Gasteiger partial charge in [0.2, 0.25) is 5.96 Å². The number of methoxy groups -OCH3 is 1. The van der Waals surface area contributed by atoms with E-state index in [1.807, 2.05) is 0 Å². The number of aliphatic imine (C=N–C) groups is 1. The molecular weight excluding hydrogens is 244 g/mol. The predicted octanol–water partition coefficient (Wildman–Crippen LogP) is 0.781. The van der Waals surface area contributed by atoms with E-state index in [2.05, 4.69) is 15.7 Å². The van der Waals surface area contributed by atoms with Crippen molar-refractivity contribution in [1.29, 1.82) is 0 Å². The number of hydrazine groups is 1. The first-order valence-corrected chi connectivity index (χ1v) is 7.21. The van der Waals surface area contributed by atoms with Gasteiger partial charge in [-0.3, -0.25) is 10.4 Å². The van der Waals surface area contributed by atoms with Crippen LogP contribution >= 0.6 is 0 Å². The number of ether oxygens (including phenoxy) is 2. The monoisotopic (exact) mass is 272 g/mol. The molecule has 1 fully saturated rings. The molecule has 1 rings (SSSR count). The van der Waals surface area contributed by atoms with Crippen LogP contribution in [0.5, 0.6) is 0 Å². The van der Waals surface area contributed by atoms with E-state index in [0.717, 1.165) is 6.42 Å². The highest BCUT2D eigenvalue weighted by molar-refractivity contribution is 5.79. The Morgan fingerprint density at radius 3 is 2.68 bits per heavy atom. The zero-order valence-corrected chi connectivity index (χ0v) is 12.0. The van der Waals surface area contributed by atoms with Crippen molar-refractivity contribution >= 4 is 5.96 Å². The Labute approximate surface area is 116 Å². The molecule has 112 valence electrons. The van der Waals surface area contributed by atoms with Gasteiger partial charge in [0, 0.05) is 26.3 Å². The molecule has 0 aromatic carbocycles. The molecule has 6 heteroatoms. The van der Waals surface area contributed by atoms with E-state index < -0.39 is 0 Å². The van der Waals surface area contributed by atoms with Crippen LogP contribution in [0.15, 0.2) is 4.99 Å². The van der Waals surface area contributed by atoms with E-state index in [-0.39, 0.29) is 0 Å². The summed E-state index contributed by atoms with van der Waals surface area (Å²) in [5.41, 5.74) is 2.64. The number of nitrogens with zero attached hydrogens (tertiary/aromatic N) is 1. The third-order valence-corrected chi connectivity index (χ3v) is 3.23. The second kappa shape index (κ2) is 11.0. The molecular formula is C13H28N4O2. The maximum Gasteiger partial charge on any atom is 0.205 e. The van der Waals surface area contributed by atoms with Crippen LogP contribution < -0.4 is 16.6 Å². The van der Waals surface area contributed by atoms with E-state index in [0.29, 0.717) is 38.4 Å². The van der Waals surface area contributed by atoms with Crippen LogP contribution in [0.2, 0.25) is 0 Å². The number of rotatable bonds is 8. The van der Waals surface area contributed by atoms with Gasteiger partial charge in [-0.2, -0.15) is 0 Å². The van der Waals surface area contributed by atoms with Gasteiger partial charge in [-0.05, 0) is 19.3 Å². The summed E-state index contributed by atoms with van der Waals surface area (Å²) < 4.78 is 10.3. The van der Waals surface area contributed by atoms with Crippen molar-refractivity contribution in [1.82, 2.24) is 10.7 Å². The van der Waals surface area contributed by atoms with Crippen LogP contribution in [0.3, 0.4) is 0 Å². The fourth-order valence-corrected chi connectivity index (χ4v) is 2.18. The normalized spacial score (nSPS) is 17.5. The highest BCUT2D eigenvalue weighted by Crippen LogP contribution is 2.17. The van der Waals surface area contributed by atoms with Crippen molar-refractivity contribution in [3.05, 3.63) is 0 Å². The highest BCUT2D eigenvalue weighted by Gasteiger charge is 2.13. The third kappa shape index (κ3) is 8.02. The lowest BCUT2D eigenvalue weighted by molar-refractivity contribution is 0.0702. The van der Waals surface area contributed by atoms with Crippen molar-refractivity contribution in [2.75, 3.05) is 33.5 Å². The van der Waals surface area contributed by atoms with E-state index in [9.17, 15) is 0 Å². The first-order valence-electron chi connectivity index (χ1n) is 7.21. The summed E-state index contributed by atoms with van der Waals surface area (Å²) in [6.45, 7) is 2.70. The number of nitrogens with one attached hydrogen (secondary N) is 2. The van der Waals surface area contributed by atoms with Crippen LogP contribution in [-0.4, -0.2) is 45.5 Å². The molecule has 0 radical (unpaired) electrons. The Hall–Kier alpha value is -0.850. The van der Waals surface area contributed by atoms with Gasteiger partial charge in [-0.1, -0.05) is 19.3 Å². The molecule has 0 aromatic heterocycles. The first-order chi connectivity index (χ1) is 9.36. The van der Waals surface area contributed by atoms with Crippen LogP contribution in [0.4, 0.5) is 0 Å². The standard InChI is InChI=1S/C13H28N4O2/c1-18-10-11-19-9-5-8-15-13(17-14)16-12-6-3-2-4-7-12/h12H,2-11,14H2,1H3,(H2,15,16,17). The SMILES string of the molecule is COCCOCCCN=C(NN)NC1CCCCC1. The lowest BCUT2D eigenvalue weighted by Gasteiger charge is -2.24. The fraction of sp³-hybridized carbons (Fsp3) is 0.923. The summed E-state index contributed by atoms with van der Waals surface area (Å²) in [5, 5.41) is 3.37. The molecule has 0 spiro atoms. The van der Waals surface area contributed by atoms with Gasteiger partial charge >= 0.3 is 0 Å². The quantitative estimate of drug-likeness (QED) is 0.200. The lowest BCUT2D eigenvalue weighted by atomic mass is 9.96. The van der Waals surface area contributed by atoms with Crippen molar-refractivity contribution in [3.8, 4) is 0 Å². The maximum atomic E-state index is 5.48. The highest BCUT2D eigenvalue weighted by atomic mass is 16.5. The second-order valence-electron chi connectivity index (χ2n) is 4.81. The van der Waals surface area contributed by atoms with Crippen molar-refractivity contribution in [3.63, 3.8) is 0 Å². The minimum Gasteiger partial charge on any atom is -0.382 e. The molecule has 0 heterocycles. The molecule has 0 saturated heterocycles. The van der Waals surface area contributed by atoms with Crippen molar-refractivity contribution in [2.45, 2.75) is 44.6 Å². The fourth-order valence-electron chi connectivity index (χ4n) is 2.18. The number of nitrogens with two attached hydrogens (primary N) is 1. The predicted molar refractivity (Wildman–Crippen MR) is 76.9 cm³/mol. The second-order valence-corrected chi connectivity index (χ2v) is 4.81. The van der Waals surface area contributed by atoms with Crippen molar-refractivity contribution < 1.29 is 9.47 Å². The Bertz CT molecular complexity index is 243. The zero-order chi connectivity index (χ0) is 13.8. The van der Waals surface area contributed by atoms with Crippen LogP contribution in [0, 0.1) is 0 Å². The molecule has 0 aromatic rings. The molecule has 0 aliphatic heterocycles. The molecule has 1 saturated carbocycles. The summed E-state index contributed by atoms with van der Waals surface area (Å²) in [5.74, 6) is 6.18.